The lowest BCUT2D eigenvalue weighted by Gasteiger charge is -2.37. The first-order valence-corrected chi connectivity index (χ1v) is 13.3. The fraction of sp³-hybridized carbons (Fsp3) is 0.323. The van der Waals surface area contributed by atoms with E-state index in [-0.39, 0.29) is 11.3 Å². The van der Waals surface area contributed by atoms with Crippen LogP contribution in [0.5, 0.6) is 5.75 Å². The van der Waals surface area contributed by atoms with Crippen LogP contribution in [0.2, 0.25) is 0 Å². The summed E-state index contributed by atoms with van der Waals surface area (Å²) in [7, 11) is 2.19. The second kappa shape index (κ2) is 8.81. The zero-order chi connectivity index (χ0) is 25.9. The SMILES string of the molecule is Cc1cc(-c2ncon2)ccc1-c1ccc(C(=O)N2CCc3cc4c(cc32)C2(CCN(C)CC2)CO4)cc1. The lowest BCUT2D eigenvalue weighted by molar-refractivity contribution is 0.0989. The molecule has 4 heterocycles. The van der Waals surface area contributed by atoms with Crippen molar-refractivity contribution in [3.05, 3.63) is 83.2 Å². The number of fused-ring (bicyclic) bond motifs is 3. The minimum absolute atomic E-state index is 0.0516. The Balaban J connectivity index is 1.14. The number of benzene rings is 3. The van der Waals surface area contributed by atoms with Crippen molar-refractivity contribution >= 4 is 11.6 Å². The van der Waals surface area contributed by atoms with Gasteiger partial charge in [-0.05, 0) is 98.9 Å². The minimum atomic E-state index is 0.0516. The molecule has 7 rings (SSSR count). The number of aromatic nitrogens is 2. The zero-order valence-corrected chi connectivity index (χ0v) is 21.7. The Labute approximate surface area is 222 Å². The molecule has 0 atom stereocenters. The molecule has 3 aromatic carbocycles. The van der Waals surface area contributed by atoms with Gasteiger partial charge in [-0.2, -0.15) is 4.98 Å². The summed E-state index contributed by atoms with van der Waals surface area (Å²) in [5.74, 6) is 1.65. The van der Waals surface area contributed by atoms with Crippen LogP contribution in [0.4, 0.5) is 5.69 Å². The summed E-state index contributed by atoms with van der Waals surface area (Å²) in [5, 5.41) is 3.92. The molecule has 38 heavy (non-hydrogen) atoms. The summed E-state index contributed by atoms with van der Waals surface area (Å²) in [6.45, 7) is 5.68. The fourth-order valence-electron chi connectivity index (χ4n) is 6.29. The summed E-state index contributed by atoms with van der Waals surface area (Å²) in [6.07, 6.45) is 4.39. The van der Waals surface area contributed by atoms with Crippen LogP contribution < -0.4 is 9.64 Å². The number of hydrogen-bond donors (Lipinski definition) is 0. The second-order valence-electron chi connectivity index (χ2n) is 10.9. The number of carbonyl (C=O) groups excluding carboxylic acids is 1. The number of rotatable bonds is 3. The van der Waals surface area contributed by atoms with E-state index in [1.807, 2.05) is 35.2 Å². The Morgan fingerprint density at radius 2 is 1.76 bits per heavy atom. The molecule has 0 N–H and O–H groups in total. The first-order chi connectivity index (χ1) is 18.5. The largest absolute Gasteiger partial charge is 0.492 e. The average molecular weight is 507 g/mol. The van der Waals surface area contributed by atoms with E-state index >= 15 is 0 Å². The highest BCUT2D eigenvalue weighted by Gasteiger charge is 2.44. The predicted octanol–water partition coefficient (Wildman–Crippen LogP) is 5.27. The Bertz CT molecular complexity index is 1520. The van der Waals surface area contributed by atoms with E-state index in [1.54, 1.807) is 0 Å². The molecular formula is C31H30N4O3. The maximum absolute atomic E-state index is 13.7. The average Bonchev–Trinajstić information content (AvgIpc) is 3.69. The first kappa shape index (κ1) is 23.2. The molecule has 1 aromatic heterocycles. The number of nitrogens with zero attached hydrogens (tertiary/aromatic N) is 4. The third-order valence-electron chi connectivity index (χ3n) is 8.63. The van der Waals surface area contributed by atoms with Gasteiger partial charge in [0.1, 0.15) is 5.75 Å². The van der Waals surface area contributed by atoms with E-state index in [1.165, 1.54) is 17.5 Å². The van der Waals surface area contributed by atoms with Crippen LogP contribution in [0.25, 0.3) is 22.5 Å². The monoisotopic (exact) mass is 506 g/mol. The van der Waals surface area contributed by atoms with Crippen molar-refractivity contribution < 1.29 is 14.1 Å². The van der Waals surface area contributed by atoms with E-state index in [4.69, 9.17) is 9.26 Å². The van der Waals surface area contributed by atoms with Gasteiger partial charge in [0, 0.05) is 34.3 Å². The zero-order valence-electron chi connectivity index (χ0n) is 21.7. The van der Waals surface area contributed by atoms with Crippen LogP contribution >= 0.6 is 0 Å². The van der Waals surface area contributed by atoms with Crippen molar-refractivity contribution in [3.8, 4) is 28.3 Å². The molecule has 1 saturated heterocycles. The molecule has 1 amide bonds. The molecule has 0 radical (unpaired) electrons. The number of hydrogen-bond acceptors (Lipinski definition) is 6. The molecule has 7 nitrogen and oxygen atoms in total. The Morgan fingerprint density at radius 3 is 2.50 bits per heavy atom. The minimum Gasteiger partial charge on any atom is -0.492 e. The molecule has 0 bridgehead atoms. The quantitative estimate of drug-likeness (QED) is 0.377. The smallest absolute Gasteiger partial charge is 0.258 e. The number of amides is 1. The molecule has 1 fully saturated rings. The van der Waals surface area contributed by atoms with Crippen molar-refractivity contribution in [2.75, 3.05) is 38.2 Å². The van der Waals surface area contributed by atoms with E-state index in [0.717, 1.165) is 72.6 Å². The molecule has 7 heteroatoms. The van der Waals surface area contributed by atoms with Gasteiger partial charge in [0.15, 0.2) is 0 Å². The van der Waals surface area contributed by atoms with Crippen LogP contribution in [-0.4, -0.2) is 54.2 Å². The lowest BCUT2D eigenvalue weighted by Crippen LogP contribution is -2.42. The molecule has 4 aromatic rings. The van der Waals surface area contributed by atoms with Gasteiger partial charge >= 0.3 is 0 Å². The van der Waals surface area contributed by atoms with Gasteiger partial charge in [-0.1, -0.05) is 29.4 Å². The van der Waals surface area contributed by atoms with Gasteiger partial charge in [-0.15, -0.1) is 0 Å². The van der Waals surface area contributed by atoms with Crippen molar-refractivity contribution in [2.24, 2.45) is 0 Å². The van der Waals surface area contributed by atoms with Crippen molar-refractivity contribution in [1.29, 1.82) is 0 Å². The predicted molar refractivity (Wildman–Crippen MR) is 146 cm³/mol. The van der Waals surface area contributed by atoms with E-state index in [2.05, 4.69) is 53.3 Å². The Kier molecular flexibility index (Phi) is 5.37. The maximum Gasteiger partial charge on any atom is 0.258 e. The summed E-state index contributed by atoms with van der Waals surface area (Å²) < 4.78 is 11.1. The molecular weight excluding hydrogens is 476 g/mol. The molecule has 1 spiro atoms. The van der Waals surface area contributed by atoms with E-state index < -0.39 is 0 Å². The van der Waals surface area contributed by atoms with Crippen LogP contribution in [0.3, 0.4) is 0 Å². The van der Waals surface area contributed by atoms with Gasteiger partial charge in [0.2, 0.25) is 12.2 Å². The van der Waals surface area contributed by atoms with Crippen molar-refractivity contribution in [2.45, 2.75) is 31.6 Å². The third kappa shape index (κ3) is 3.72. The normalized spacial score (nSPS) is 17.9. The van der Waals surface area contributed by atoms with Gasteiger partial charge in [-0.25, -0.2) is 0 Å². The van der Waals surface area contributed by atoms with Crippen molar-refractivity contribution in [1.82, 2.24) is 15.0 Å². The highest BCUT2D eigenvalue weighted by Crippen LogP contribution is 2.49. The van der Waals surface area contributed by atoms with E-state index in [9.17, 15) is 4.79 Å². The molecule has 3 aliphatic rings. The number of likely N-dealkylation sites (tertiary alicyclic amines) is 1. The van der Waals surface area contributed by atoms with Crippen LogP contribution in [0.15, 0.2) is 65.5 Å². The van der Waals surface area contributed by atoms with Crippen molar-refractivity contribution in [3.63, 3.8) is 0 Å². The van der Waals surface area contributed by atoms with Gasteiger partial charge < -0.3 is 19.1 Å². The van der Waals surface area contributed by atoms with E-state index in [0.29, 0.717) is 17.9 Å². The molecule has 3 aliphatic heterocycles. The fourth-order valence-corrected chi connectivity index (χ4v) is 6.29. The highest BCUT2D eigenvalue weighted by atomic mass is 16.5. The summed E-state index contributed by atoms with van der Waals surface area (Å²) in [5.41, 5.74) is 8.53. The molecule has 0 saturated carbocycles. The number of piperidine rings is 1. The van der Waals surface area contributed by atoms with Crippen LogP contribution in [0, 0.1) is 6.92 Å². The highest BCUT2D eigenvalue weighted by molar-refractivity contribution is 6.07. The number of ether oxygens (including phenoxy) is 1. The second-order valence-corrected chi connectivity index (χ2v) is 10.9. The Morgan fingerprint density at radius 1 is 0.974 bits per heavy atom. The lowest BCUT2D eigenvalue weighted by atomic mass is 9.74. The molecule has 0 unspecified atom stereocenters. The van der Waals surface area contributed by atoms with Gasteiger partial charge in [-0.3, -0.25) is 4.79 Å². The standard InChI is InChI=1S/C31H30N4O3/c1-20-15-24(29-32-19-38-33-29)7-8-25(20)21-3-5-22(6-4-21)30(36)35-12-9-23-16-28-26(17-27(23)35)31(18-37-28)10-13-34(2)14-11-31/h3-8,15-17,19H,9-14,18H2,1-2H3. The molecule has 0 aliphatic carbocycles. The number of aryl methyl sites for hydroxylation is 1. The Hall–Kier alpha value is -3.97. The topological polar surface area (TPSA) is 71.7 Å². The van der Waals surface area contributed by atoms with Crippen LogP contribution in [-0.2, 0) is 11.8 Å². The van der Waals surface area contributed by atoms with Gasteiger partial charge in [0.05, 0.1) is 6.61 Å². The van der Waals surface area contributed by atoms with Crippen LogP contribution in [0.1, 0.15) is 39.9 Å². The molecule has 192 valence electrons. The first-order valence-electron chi connectivity index (χ1n) is 13.3. The summed E-state index contributed by atoms with van der Waals surface area (Å²) in [6, 6.07) is 18.5. The number of anilines is 1. The third-order valence-corrected chi connectivity index (χ3v) is 8.63. The summed E-state index contributed by atoms with van der Waals surface area (Å²) in [4.78, 5) is 22.2. The number of carbonyl (C=O) groups is 1. The summed E-state index contributed by atoms with van der Waals surface area (Å²) >= 11 is 0. The van der Waals surface area contributed by atoms with Gasteiger partial charge in [0.25, 0.3) is 5.91 Å². The maximum atomic E-state index is 13.7.